The van der Waals surface area contributed by atoms with Gasteiger partial charge in [-0.25, -0.2) is 28.5 Å². The van der Waals surface area contributed by atoms with Crippen LogP contribution in [0, 0.1) is 0 Å². The van der Waals surface area contributed by atoms with Crippen LogP contribution in [-0.4, -0.2) is 50.1 Å². The molecule has 0 amide bonds. The first-order valence-corrected chi connectivity index (χ1v) is 9.75. The molecular formula is C14H20FN6O4P. The van der Waals surface area contributed by atoms with Crippen molar-refractivity contribution in [2.24, 2.45) is 0 Å². The van der Waals surface area contributed by atoms with E-state index in [0.29, 0.717) is 11.3 Å². The van der Waals surface area contributed by atoms with Crippen molar-refractivity contribution in [1.82, 2.24) is 24.7 Å². The quantitative estimate of drug-likeness (QED) is 0.753. The molecule has 0 saturated carbocycles. The number of anilines is 1. The number of nitrogens with two attached hydrogens (primary N) is 1. The Morgan fingerprint density at radius 3 is 3.00 bits per heavy atom. The van der Waals surface area contributed by atoms with Crippen molar-refractivity contribution >= 4 is 19.2 Å². The minimum absolute atomic E-state index is 0.0501. The van der Waals surface area contributed by atoms with Gasteiger partial charge in [0.15, 0.2) is 17.1 Å². The summed E-state index contributed by atoms with van der Waals surface area (Å²) in [5, 5.41) is 6.80. The van der Waals surface area contributed by atoms with E-state index < -0.39 is 31.7 Å². The van der Waals surface area contributed by atoms with Crippen molar-refractivity contribution in [1.29, 1.82) is 0 Å². The Labute approximate surface area is 148 Å². The summed E-state index contributed by atoms with van der Waals surface area (Å²) in [7, 11) is -3.62. The summed E-state index contributed by atoms with van der Waals surface area (Å²) in [6, 6.07) is -0.153. The molecule has 0 aliphatic carbocycles. The molecule has 0 aromatic carbocycles. The monoisotopic (exact) mass is 386 g/mol. The van der Waals surface area contributed by atoms with E-state index in [9.17, 15) is 4.57 Å². The summed E-state index contributed by atoms with van der Waals surface area (Å²) >= 11 is 0. The highest BCUT2D eigenvalue weighted by atomic mass is 31.2. The minimum Gasteiger partial charge on any atom is -0.381 e. The van der Waals surface area contributed by atoms with Gasteiger partial charge >= 0.3 is 7.75 Å². The molecule has 2 aromatic rings. The highest BCUT2D eigenvalue weighted by molar-refractivity contribution is 7.51. The second-order valence-corrected chi connectivity index (χ2v) is 8.59. The van der Waals surface area contributed by atoms with E-state index >= 15 is 4.39 Å². The third kappa shape index (κ3) is 2.71. The molecule has 2 aromatic heterocycles. The van der Waals surface area contributed by atoms with Crippen LogP contribution in [-0.2, 0) is 18.3 Å². The maximum absolute atomic E-state index is 15.7. The van der Waals surface area contributed by atoms with E-state index in [4.69, 9.17) is 19.5 Å². The molecule has 4 rings (SSSR count). The molecular weight excluding hydrogens is 366 g/mol. The smallest absolute Gasteiger partial charge is 0.381 e. The van der Waals surface area contributed by atoms with E-state index in [1.165, 1.54) is 24.0 Å². The minimum atomic E-state index is -3.62. The summed E-state index contributed by atoms with van der Waals surface area (Å²) in [4.78, 5) is 8.00. The Morgan fingerprint density at radius 2 is 2.27 bits per heavy atom. The molecule has 0 spiro atoms. The maximum atomic E-state index is 15.7. The normalized spacial score (nSPS) is 37.3. The molecule has 26 heavy (non-hydrogen) atoms. The standard InChI is InChI=1S/C14H20FN6O4P/c1-7(2)20-26(22)23-5-9-11(25-26)14(3,15)10(24-9)8-4-17-13-12(16)18-6-19-21(8)13/h4,6-7,9-11H,5H2,1-3H3,(H,20,22)(H2,16,18,19)/t9-,10+,11?,14+,26?/m1/s1. The fourth-order valence-electron chi connectivity index (χ4n) is 3.31. The van der Waals surface area contributed by atoms with Crippen molar-refractivity contribution < 1.29 is 22.7 Å². The van der Waals surface area contributed by atoms with Gasteiger partial charge in [0.1, 0.15) is 24.6 Å². The van der Waals surface area contributed by atoms with Gasteiger partial charge in [0, 0.05) is 6.04 Å². The second kappa shape index (κ2) is 5.93. The first-order valence-electron chi connectivity index (χ1n) is 8.20. The van der Waals surface area contributed by atoms with Crippen LogP contribution in [0.25, 0.3) is 5.65 Å². The van der Waals surface area contributed by atoms with Gasteiger partial charge in [-0.3, -0.25) is 9.05 Å². The van der Waals surface area contributed by atoms with E-state index in [1.807, 2.05) is 0 Å². The number of alkyl halides is 1. The van der Waals surface area contributed by atoms with Gasteiger partial charge in [0.2, 0.25) is 0 Å². The average Bonchev–Trinajstić information content (AvgIpc) is 3.07. The summed E-state index contributed by atoms with van der Waals surface area (Å²) in [6.07, 6.45) is -0.131. The van der Waals surface area contributed by atoms with Crippen molar-refractivity contribution in [3.05, 3.63) is 18.2 Å². The number of hydrogen-bond acceptors (Lipinski definition) is 8. The molecule has 2 aliphatic heterocycles. The number of hydrogen-bond donors (Lipinski definition) is 2. The van der Waals surface area contributed by atoms with E-state index in [-0.39, 0.29) is 18.5 Å². The average molecular weight is 386 g/mol. The number of rotatable bonds is 3. The van der Waals surface area contributed by atoms with Crippen LogP contribution in [0.4, 0.5) is 10.2 Å². The number of nitrogen functional groups attached to an aromatic ring is 1. The predicted molar refractivity (Wildman–Crippen MR) is 89.0 cm³/mol. The molecule has 2 unspecified atom stereocenters. The fraction of sp³-hybridized carbons (Fsp3) is 0.643. The number of ether oxygens (including phenoxy) is 1. The number of fused-ring (bicyclic) bond motifs is 2. The van der Waals surface area contributed by atoms with E-state index in [0.717, 1.165) is 0 Å². The molecule has 5 atom stereocenters. The molecule has 0 radical (unpaired) electrons. The summed E-state index contributed by atoms with van der Waals surface area (Å²) in [5.41, 5.74) is 4.46. The zero-order valence-electron chi connectivity index (χ0n) is 14.5. The Morgan fingerprint density at radius 1 is 1.50 bits per heavy atom. The van der Waals surface area contributed by atoms with Crippen LogP contribution in [0.5, 0.6) is 0 Å². The number of aromatic nitrogens is 4. The third-order valence-corrected chi connectivity index (χ3v) is 6.25. The first-order chi connectivity index (χ1) is 12.2. The van der Waals surface area contributed by atoms with Crippen LogP contribution in [0.15, 0.2) is 12.5 Å². The second-order valence-electron chi connectivity index (χ2n) is 6.87. The lowest BCUT2D eigenvalue weighted by molar-refractivity contribution is -0.0447. The Hall–Kier alpha value is -1.65. The molecule has 3 N–H and O–H groups in total. The number of halogens is 1. The molecule has 2 fully saturated rings. The lowest BCUT2D eigenvalue weighted by Gasteiger charge is -2.35. The molecule has 2 aliphatic rings. The van der Waals surface area contributed by atoms with Gasteiger partial charge in [0.25, 0.3) is 0 Å². The number of nitrogens with one attached hydrogen (secondary N) is 1. The summed E-state index contributed by atoms with van der Waals surface area (Å²) in [5.74, 6) is 0.174. The fourth-order valence-corrected chi connectivity index (χ4v) is 5.13. The third-order valence-electron chi connectivity index (χ3n) is 4.42. The maximum Gasteiger partial charge on any atom is 0.406 e. The molecule has 12 heteroatoms. The lowest BCUT2D eigenvalue weighted by Crippen LogP contribution is -2.46. The van der Waals surface area contributed by atoms with Crippen LogP contribution in [0.1, 0.15) is 32.6 Å². The van der Waals surface area contributed by atoms with Crippen molar-refractivity contribution in [2.45, 2.75) is 50.8 Å². The van der Waals surface area contributed by atoms with E-state index in [2.05, 4.69) is 20.2 Å². The van der Waals surface area contributed by atoms with Gasteiger partial charge in [-0.05, 0) is 20.8 Å². The van der Waals surface area contributed by atoms with Gasteiger partial charge in [-0.2, -0.15) is 5.10 Å². The van der Waals surface area contributed by atoms with Crippen LogP contribution in [0.2, 0.25) is 0 Å². The number of nitrogens with zero attached hydrogens (tertiary/aromatic N) is 4. The molecule has 0 bridgehead atoms. The predicted octanol–water partition coefficient (Wildman–Crippen LogP) is 1.40. The van der Waals surface area contributed by atoms with Crippen molar-refractivity contribution in [3.8, 4) is 0 Å². The van der Waals surface area contributed by atoms with Gasteiger partial charge < -0.3 is 10.5 Å². The summed E-state index contributed by atoms with van der Waals surface area (Å²) in [6.45, 7) is 4.88. The highest BCUT2D eigenvalue weighted by Crippen LogP contribution is 2.57. The highest BCUT2D eigenvalue weighted by Gasteiger charge is 2.61. The van der Waals surface area contributed by atoms with Crippen LogP contribution >= 0.6 is 7.75 Å². The zero-order chi connectivity index (χ0) is 18.7. The van der Waals surface area contributed by atoms with Crippen LogP contribution < -0.4 is 10.8 Å². The SMILES string of the molecule is CC(C)NP1(=O)OC[C@H]2O[C@@H](c3cnc4c(N)ncnn34)[C@](C)(F)C2O1. The Balaban J connectivity index is 1.68. The molecule has 10 nitrogen and oxygen atoms in total. The van der Waals surface area contributed by atoms with Gasteiger partial charge in [0.05, 0.1) is 18.5 Å². The van der Waals surface area contributed by atoms with E-state index in [1.54, 1.807) is 13.8 Å². The van der Waals surface area contributed by atoms with Gasteiger partial charge in [-0.1, -0.05) is 0 Å². The lowest BCUT2D eigenvalue weighted by atomic mass is 9.93. The first kappa shape index (κ1) is 17.7. The van der Waals surface area contributed by atoms with Crippen LogP contribution in [0.3, 0.4) is 0 Å². The molecule has 4 heterocycles. The summed E-state index contributed by atoms with van der Waals surface area (Å²) < 4.78 is 46.5. The largest absolute Gasteiger partial charge is 0.406 e. The zero-order valence-corrected chi connectivity index (χ0v) is 15.4. The van der Waals surface area contributed by atoms with Crippen molar-refractivity contribution in [2.75, 3.05) is 12.3 Å². The van der Waals surface area contributed by atoms with Gasteiger partial charge in [-0.15, -0.1) is 0 Å². The number of imidazole rings is 1. The topological polar surface area (TPSA) is 126 Å². The molecule has 142 valence electrons. The Kier molecular flexibility index (Phi) is 4.05. The molecule has 2 saturated heterocycles. The van der Waals surface area contributed by atoms with Crippen molar-refractivity contribution in [3.63, 3.8) is 0 Å². The Bertz CT molecular complexity index is 889.